The normalized spacial score (nSPS) is 11.3. The number of ether oxygens (including phenoxy) is 1. The first-order valence-corrected chi connectivity index (χ1v) is 9.20. The SMILES string of the molecule is CCc1ccc(S(=O)(=O)Oc2ccc3[nH]c(NC(=O)OC)nc3c2)cc1. The van der Waals surface area contributed by atoms with Gasteiger partial charge in [0.25, 0.3) is 0 Å². The molecular formula is C17H17N3O5S. The summed E-state index contributed by atoms with van der Waals surface area (Å²) in [5, 5.41) is 2.40. The van der Waals surface area contributed by atoms with Crippen LogP contribution >= 0.6 is 0 Å². The van der Waals surface area contributed by atoms with E-state index in [-0.39, 0.29) is 16.6 Å². The van der Waals surface area contributed by atoms with Gasteiger partial charge in [-0.1, -0.05) is 19.1 Å². The van der Waals surface area contributed by atoms with E-state index >= 15 is 0 Å². The summed E-state index contributed by atoms with van der Waals surface area (Å²) in [6, 6.07) is 11.1. The summed E-state index contributed by atoms with van der Waals surface area (Å²) in [6.45, 7) is 1.99. The molecule has 9 heteroatoms. The number of aryl methyl sites for hydroxylation is 1. The molecule has 2 aromatic carbocycles. The van der Waals surface area contributed by atoms with Gasteiger partial charge >= 0.3 is 16.2 Å². The predicted octanol–water partition coefficient (Wildman–Crippen LogP) is 3.07. The van der Waals surface area contributed by atoms with Crippen molar-refractivity contribution < 1.29 is 22.1 Å². The molecular weight excluding hydrogens is 358 g/mol. The number of nitrogens with zero attached hydrogens (tertiary/aromatic N) is 1. The molecule has 0 spiro atoms. The number of hydrogen-bond donors (Lipinski definition) is 2. The summed E-state index contributed by atoms with van der Waals surface area (Å²) in [5.74, 6) is 0.301. The minimum atomic E-state index is -3.95. The van der Waals surface area contributed by atoms with Gasteiger partial charge in [-0.3, -0.25) is 5.32 Å². The van der Waals surface area contributed by atoms with E-state index in [9.17, 15) is 13.2 Å². The number of amides is 1. The number of anilines is 1. The molecule has 0 aliphatic carbocycles. The molecule has 3 rings (SSSR count). The maximum absolute atomic E-state index is 12.4. The zero-order chi connectivity index (χ0) is 18.7. The van der Waals surface area contributed by atoms with Crippen molar-refractivity contribution in [1.82, 2.24) is 9.97 Å². The Kier molecular flexibility index (Phi) is 4.81. The van der Waals surface area contributed by atoms with Crippen molar-refractivity contribution in [2.75, 3.05) is 12.4 Å². The van der Waals surface area contributed by atoms with E-state index in [4.69, 9.17) is 4.18 Å². The maximum Gasteiger partial charge on any atom is 0.413 e. The molecule has 0 unspecified atom stereocenters. The second-order valence-corrected chi connectivity index (χ2v) is 6.96. The number of imidazole rings is 1. The zero-order valence-electron chi connectivity index (χ0n) is 14.1. The Labute approximate surface area is 150 Å². The van der Waals surface area contributed by atoms with Gasteiger partial charge in [-0.25, -0.2) is 9.78 Å². The lowest BCUT2D eigenvalue weighted by Gasteiger charge is -2.07. The van der Waals surface area contributed by atoms with Crippen molar-refractivity contribution in [3.63, 3.8) is 0 Å². The second kappa shape index (κ2) is 7.04. The summed E-state index contributed by atoms with van der Waals surface area (Å²) in [4.78, 5) is 18.3. The standard InChI is InChI=1S/C17H17N3O5S/c1-3-11-4-7-13(8-5-11)26(22,23)25-12-6-9-14-15(10-12)19-16(18-14)20-17(21)24-2/h4-10H,3H2,1-2H3,(H2,18,19,20,21). The highest BCUT2D eigenvalue weighted by molar-refractivity contribution is 7.87. The smallest absolute Gasteiger partial charge is 0.413 e. The van der Waals surface area contributed by atoms with Gasteiger partial charge in [-0.15, -0.1) is 0 Å². The number of methoxy groups -OCH3 is 1. The van der Waals surface area contributed by atoms with E-state index in [0.717, 1.165) is 12.0 Å². The van der Waals surface area contributed by atoms with Gasteiger partial charge in [0.15, 0.2) is 0 Å². The Morgan fingerprint density at radius 2 is 1.92 bits per heavy atom. The lowest BCUT2D eigenvalue weighted by Crippen LogP contribution is -2.11. The number of fused-ring (bicyclic) bond motifs is 1. The molecule has 1 aromatic heterocycles. The zero-order valence-corrected chi connectivity index (χ0v) is 15.0. The van der Waals surface area contributed by atoms with Crippen LogP contribution in [0.1, 0.15) is 12.5 Å². The molecule has 0 fully saturated rings. The maximum atomic E-state index is 12.4. The molecule has 0 saturated heterocycles. The highest BCUT2D eigenvalue weighted by Crippen LogP contribution is 2.24. The molecule has 0 aliphatic heterocycles. The molecule has 1 heterocycles. The number of benzene rings is 2. The molecule has 0 aliphatic rings. The second-order valence-electron chi connectivity index (χ2n) is 5.42. The highest BCUT2D eigenvalue weighted by Gasteiger charge is 2.17. The third kappa shape index (κ3) is 3.77. The topological polar surface area (TPSA) is 110 Å². The van der Waals surface area contributed by atoms with Crippen LogP contribution in [0.2, 0.25) is 0 Å². The van der Waals surface area contributed by atoms with Gasteiger partial charge in [-0.05, 0) is 36.2 Å². The quantitative estimate of drug-likeness (QED) is 0.663. The fourth-order valence-electron chi connectivity index (χ4n) is 2.31. The summed E-state index contributed by atoms with van der Waals surface area (Å²) in [5.41, 5.74) is 2.08. The van der Waals surface area contributed by atoms with Gasteiger partial charge in [0.2, 0.25) is 5.95 Å². The highest BCUT2D eigenvalue weighted by atomic mass is 32.2. The molecule has 1 amide bonds. The summed E-state index contributed by atoms with van der Waals surface area (Å²) >= 11 is 0. The first-order valence-electron chi connectivity index (χ1n) is 7.79. The van der Waals surface area contributed by atoms with Gasteiger partial charge in [0.05, 0.1) is 18.1 Å². The number of hydrogen-bond acceptors (Lipinski definition) is 6. The number of rotatable bonds is 5. The summed E-state index contributed by atoms with van der Waals surface area (Å²) < 4.78 is 34.5. The van der Waals surface area contributed by atoms with Gasteiger partial charge < -0.3 is 13.9 Å². The van der Waals surface area contributed by atoms with Crippen molar-refractivity contribution in [3.8, 4) is 5.75 Å². The number of carbonyl (C=O) groups is 1. The first-order chi connectivity index (χ1) is 12.4. The van der Waals surface area contributed by atoms with Crippen LogP contribution in [0.3, 0.4) is 0 Å². The Bertz CT molecular complexity index is 1040. The Hall–Kier alpha value is -3.07. The van der Waals surface area contributed by atoms with E-state index in [2.05, 4.69) is 20.0 Å². The van der Waals surface area contributed by atoms with E-state index < -0.39 is 16.2 Å². The van der Waals surface area contributed by atoms with Crippen molar-refractivity contribution in [3.05, 3.63) is 48.0 Å². The molecule has 0 radical (unpaired) electrons. The van der Waals surface area contributed by atoms with Crippen LogP contribution in [-0.4, -0.2) is 31.6 Å². The number of aromatic amines is 1. The molecule has 136 valence electrons. The van der Waals surface area contributed by atoms with Crippen LogP contribution < -0.4 is 9.50 Å². The van der Waals surface area contributed by atoms with Gasteiger partial charge in [0, 0.05) is 6.07 Å². The average molecular weight is 375 g/mol. The molecule has 2 N–H and O–H groups in total. The van der Waals surface area contributed by atoms with Crippen molar-refractivity contribution in [1.29, 1.82) is 0 Å². The van der Waals surface area contributed by atoms with Gasteiger partial charge in [0.1, 0.15) is 10.6 Å². The van der Waals surface area contributed by atoms with E-state index in [0.29, 0.717) is 11.0 Å². The predicted molar refractivity (Wildman–Crippen MR) is 95.8 cm³/mol. The molecule has 0 saturated carbocycles. The summed E-state index contributed by atoms with van der Waals surface area (Å²) in [7, 11) is -2.71. The molecule has 8 nitrogen and oxygen atoms in total. The number of aromatic nitrogens is 2. The minimum absolute atomic E-state index is 0.0740. The van der Waals surface area contributed by atoms with E-state index in [1.165, 1.54) is 31.4 Å². The Balaban J connectivity index is 1.84. The number of carbonyl (C=O) groups excluding carboxylic acids is 1. The fourth-order valence-corrected chi connectivity index (χ4v) is 3.23. The van der Waals surface area contributed by atoms with Crippen LogP contribution in [-0.2, 0) is 21.3 Å². The van der Waals surface area contributed by atoms with Crippen molar-refractivity contribution >= 4 is 33.2 Å². The van der Waals surface area contributed by atoms with E-state index in [1.807, 2.05) is 6.92 Å². The molecule has 26 heavy (non-hydrogen) atoms. The Morgan fingerprint density at radius 1 is 1.19 bits per heavy atom. The largest absolute Gasteiger partial charge is 0.453 e. The van der Waals surface area contributed by atoms with E-state index in [1.54, 1.807) is 18.2 Å². The molecule has 3 aromatic rings. The summed E-state index contributed by atoms with van der Waals surface area (Å²) in [6.07, 6.45) is 0.150. The first kappa shape index (κ1) is 17.7. The van der Waals surface area contributed by atoms with Crippen LogP contribution in [0.5, 0.6) is 5.75 Å². The minimum Gasteiger partial charge on any atom is -0.453 e. The van der Waals surface area contributed by atoms with Crippen molar-refractivity contribution in [2.24, 2.45) is 0 Å². The molecule has 0 bridgehead atoms. The van der Waals surface area contributed by atoms with Crippen LogP contribution in [0.4, 0.5) is 10.7 Å². The number of nitrogens with one attached hydrogen (secondary N) is 2. The van der Waals surface area contributed by atoms with Crippen LogP contribution in [0.25, 0.3) is 11.0 Å². The lowest BCUT2D eigenvalue weighted by atomic mass is 10.2. The Morgan fingerprint density at radius 3 is 2.58 bits per heavy atom. The fraction of sp³-hybridized carbons (Fsp3) is 0.176. The van der Waals surface area contributed by atoms with Crippen LogP contribution in [0, 0.1) is 0 Å². The van der Waals surface area contributed by atoms with Gasteiger partial charge in [-0.2, -0.15) is 8.42 Å². The third-order valence-electron chi connectivity index (χ3n) is 3.69. The molecule has 0 atom stereocenters. The third-order valence-corrected chi connectivity index (χ3v) is 4.95. The van der Waals surface area contributed by atoms with Crippen LogP contribution in [0.15, 0.2) is 47.4 Å². The monoisotopic (exact) mass is 375 g/mol. The lowest BCUT2D eigenvalue weighted by molar-refractivity contribution is 0.186. The number of H-pyrrole nitrogens is 1. The van der Waals surface area contributed by atoms with Crippen molar-refractivity contribution in [2.45, 2.75) is 18.2 Å². The average Bonchev–Trinajstić information content (AvgIpc) is 3.02.